The van der Waals surface area contributed by atoms with Crippen molar-refractivity contribution in [3.05, 3.63) is 87.3 Å². The number of hydrogen-bond acceptors (Lipinski definition) is 4. The molecule has 172 valence electrons. The van der Waals surface area contributed by atoms with Gasteiger partial charge in [0.2, 0.25) is 0 Å². The summed E-state index contributed by atoms with van der Waals surface area (Å²) in [6.07, 6.45) is 4.13. The van der Waals surface area contributed by atoms with Gasteiger partial charge in [0.15, 0.2) is 11.6 Å². The van der Waals surface area contributed by atoms with Crippen LogP contribution in [0.1, 0.15) is 34.3 Å². The maximum Gasteiger partial charge on any atom is 0.255 e. The van der Waals surface area contributed by atoms with Gasteiger partial charge < -0.3 is 15.4 Å². The summed E-state index contributed by atoms with van der Waals surface area (Å²) in [5.74, 6) is 0.622. The van der Waals surface area contributed by atoms with E-state index >= 15 is 0 Å². The van der Waals surface area contributed by atoms with Crippen molar-refractivity contribution >= 4 is 34.9 Å². The lowest BCUT2D eigenvalue weighted by Gasteiger charge is -2.32. The van der Waals surface area contributed by atoms with E-state index < -0.39 is 0 Å². The molecule has 1 aromatic heterocycles. The lowest BCUT2D eigenvalue weighted by Crippen LogP contribution is -2.39. The molecule has 0 unspecified atom stereocenters. The maximum atomic E-state index is 13.1. The molecule has 2 N–H and O–H groups in total. The van der Waals surface area contributed by atoms with Crippen LogP contribution in [0.5, 0.6) is 5.75 Å². The van der Waals surface area contributed by atoms with E-state index in [1.165, 1.54) is 18.3 Å². The minimum absolute atomic E-state index is 0.108. The number of benzene rings is 2. The summed E-state index contributed by atoms with van der Waals surface area (Å²) >= 11 is 12.4. The smallest absolute Gasteiger partial charge is 0.255 e. The zero-order valence-electron chi connectivity index (χ0n) is 17.9. The van der Waals surface area contributed by atoms with Crippen LogP contribution in [0, 0.1) is 11.7 Å². The predicted octanol–water partition coefficient (Wildman–Crippen LogP) is 5.78. The molecule has 33 heavy (non-hydrogen) atoms. The van der Waals surface area contributed by atoms with Crippen LogP contribution in [0.4, 0.5) is 10.2 Å². The molecule has 1 aliphatic rings. The van der Waals surface area contributed by atoms with Crippen LogP contribution in [-0.4, -0.2) is 28.9 Å². The second kappa shape index (κ2) is 10.4. The fourth-order valence-electron chi connectivity index (χ4n) is 3.98. The van der Waals surface area contributed by atoms with E-state index in [9.17, 15) is 9.18 Å². The van der Waals surface area contributed by atoms with E-state index in [0.717, 1.165) is 24.8 Å². The molecule has 4 rings (SSSR count). The van der Waals surface area contributed by atoms with Crippen molar-refractivity contribution in [1.82, 2.24) is 9.88 Å². The van der Waals surface area contributed by atoms with Crippen LogP contribution in [0.3, 0.4) is 0 Å². The first-order valence-electron chi connectivity index (χ1n) is 10.8. The summed E-state index contributed by atoms with van der Waals surface area (Å²) in [4.78, 5) is 19.0. The minimum Gasteiger partial charge on any atom is -0.485 e. The molecule has 1 aliphatic heterocycles. The molecule has 1 fully saturated rings. The fraction of sp³-hybridized carbons (Fsp3) is 0.280. The molecule has 0 bridgehead atoms. The highest BCUT2D eigenvalue weighted by atomic mass is 35.5. The number of piperidine rings is 1. The number of amides is 1. The van der Waals surface area contributed by atoms with Crippen molar-refractivity contribution in [2.24, 2.45) is 5.92 Å². The van der Waals surface area contributed by atoms with Gasteiger partial charge >= 0.3 is 0 Å². The number of likely N-dealkylation sites (tertiary alicyclic amines) is 1. The monoisotopic (exact) mass is 487 g/mol. The van der Waals surface area contributed by atoms with E-state index in [1.54, 1.807) is 24.3 Å². The number of aromatic nitrogens is 1. The summed E-state index contributed by atoms with van der Waals surface area (Å²) in [6, 6.07) is 13.4. The number of halogens is 3. The molecule has 2 aromatic carbocycles. The Morgan fingerprint density at radius 3 is 2.45 bits per heavy atom. The largest absolute Gasteiger partial charge is 0.485 e. The van der Waals surface area contributed by atoms with Crippen LogP contribution in [0.25, 0.3) is 0 Å². The SMILES string of the molecule is Nc1ncc(C(=O)N2CCC(Cc3ccc(F)cc3)CC2)cc1OCc1c(Cl)cccc1Cl. The van der Waals surface area contributed by atoms with Crippen molar-refractivity contribution < 1.29 is 13.9 Å². The van der Waals surface area contributed by atoms with Gasteiger partial charge in [0.1, 0.15) is 12.4 Å². The number of pyridine rings is 1. The van der Waals surface area contributed by atoms with Crippen LogP contribution < -0.4 is 10.5 Å². The third-order valence-corrected chi connectivity index (χ3v) is 6.61. The van der Waals surface area contributed by atoms with Crippen molar-refractivity contribution in [3.8, 4) is 5.75 Å². The standard InChI is InChI=1S/C25H24Cl2FN3O2/c26-21-2-1-3-22(27)20(21)15-33-23-13-18(14-30-24(23)29)25(32)31-10-8-17(9-11-31)12-16-4-6-19(28)7-5-16/h1-7,13-14,17H,8-12,15H2,(H2,29,30). The second-order valence-corrected chi connectivity index (χ2v) is 8.98. The van der Waals surface area contributed by atoms with Crippen molar-refractivity contribution in [3.63, 3.8) is 0 Å². The Kier molecular flexibility index (Phi) is 7.36. The van der Waals surface area contributed by atoms with Crippen LogP contribution >= 0.6 is 23.2 Å². The maximum absolute atomic E-state index is 13.1. The van der Waals surface area contributed by atoms with Crippen molar-refractivity contribution in [2.75, 3.05) is 18.8 Å². The molecule has 0 aliphatic carbocycles. The van der Waals surface area contributed by atoms with Crippen molar-refractivity contribution in [1.29, 1.82) is 0 Å². The quantitative estimate of drug-likeness (QED) is 0.478. The highest BCUT2D eigenvalue weighted by Gasteiger charge is 2.25. The Bertz CT molecular complexity index is 1110. The van der Waals surface area contributed by atoms with Gasteiger partial charge in [-0.05, 0) is 61.1 Å². The molecule has 8 heteroatoms. The summed E-state index contributed by atoms with van der Waals surface area (Å²) in [6.45, 7) is 1.41. The molecule has 3 aromatic rings. The number of hydrogen-bond donors (Lipinski definition) is 1. The van der Waals surface area contributed by atoms with E-state index in [4.69, 9.17) is 33.7 Å². The molecular weight excluding hydrogens is 464 g/mol. The number of ether oxygens (including phenoxy) is 1. The molecule has 0 spiro atoms. The Morgan fingerprint density at radius 1 is 1.12 bits per heavy atom. The van der Waals surface area contributed by atoms with Gasteiger partial charge in [-0.25, -0.2) is 9.37 Å². The van der Waals surface area contributed by atoms with Crippen molar-refractivity contribution in [2.45, 2.75) is 25.9 Å². The first-order valence-corrected chi connectivity index (χ1v) is 11.5. The average Bonchev–Trinajstić information content (AvgIpc) is 2.81. The molecule has 1 saturated heterocycles. The fourth-order valence-corrected chi connectivity index (χ4v) is 4.49. The molecule has 0 atom stereocenters. The summed E-state index contributed by atoms with van der Waals surface area (Å²) in [7, 11) is 0. The number of nitrogens with zero attached hydrogens (tertiary/aromatic N) is 2. The molecule has 2 heterocycles. The Morgan fingerprint density at radius 2 is 1.79 bits per heavy atom. The first-order chi connectivity index (χ1) is 15.9. The van der Waals surface area contributed by atoms with Crippen LogP contribution in [0.2, 0.25) is 10.0 Å². The first kappa shape index (κ1) is 23.3. The third-order valence-electron chi connectivity index (χ3n) is 5.90. The number of nitrogens with two attached hydrogens (primary N) is 1. The molecular formula is C25H24Cl2FN3O2. The second-order valence-electron chi connectivity index (χ2n) is 8.16. The number of rotatable bonds is 6. The zero-order valence-corrected chi connectivity index (χ0v) is 19.5. The van der Waals surface area contributed by atoms with E-state index in [0.29, 0.717) is 45.9 Å². The summed E-state index contributed by atoms with van der Waals surface area (Å²) in [5, 5.41) is 0.981. The van der Waals surface area contributed by atoms with Gasteiger partial charge in [0.25, 0.3) is 5.91 Å². The molecule has 1 amide bonds. The number of carbonyl (C=O) groups excluding carboxylic acids is 1. The van der Waals surface area contributed by atoms with E-state index in [1.807, 2.05) is 17.0 Å². The van der Waals surface area contributed by atoms with Gasteiger partial charge in [0.05, 0.1) is 5.56 Å². The summed E-state index contributed by atoms with van der Waals surface area (Å²) in [5.41, 5.74) is 8.13. The molecule has 0 radical (unpaired) electrons. The Hall–Kier alpha value is -2.83. The summed E-state index contributed by atoms with van der Waals surface area (Å²) < 4.78 is 18.9. The Balaban J connectivity index is 1.37. The predicted molar refractivity (Wildman–Crippen MR) is 128 cm³/mol. The van der Waals surface area contributed by atoms with Gasteiger partial charge in [0, 0.05) is 34.9 Å². The minimum atomic E-state index is -0.227. The average molecular weight is 488 g/mol. The molecule has 5 nitrogen and oxygen atoms in total. The topological polar surface area (TPSA) is 68.5 Å². The normalized spacial score (nSPS) is 14.3. The van der Waals surface area contributed by atoms with E-state index in [-0.39, 0.29) is 24.1 Å². The number of nitrogen functional groups attached to an aromatic ring is 1. The van der Waals surface area contributed by atoms with Gasteiger partial charge in [-0.2, -0.15) is 0 Å². The number of anilines is 1. The van der Waals surface area contributed by atoms with Gasteiger partial charge in [-0.15, -0.1) is 0 Å². The zero-order chi connectivity index (χ0) is 23.4. The lowest BCUT2D eigenvalue weighted by atomic mass is 9.90. The van der Waals surface area contributed by atoms with Gasteiger partial charge in [-0.3, -0.25) is 4.79 Å². The highest BCUT2D eigenvalue weighted by Crippen LogP contribution is 2.29. The lowest BCUT2D eigenvalue weighted by molar-refractivity contribution is 0.0689. The van der Waals surface area contributed by atoms with Gasteiger partial charge in [-0.1, -0.05) is 41.4 Å². The third kappa shape index (κ3) is 5.75. The molecule has 0 saturated carbocycles. The van der Waals surface area contributed by atoms with Crippen LogP contribution in [-0.2, 0) is 13.0 Å². The van der Waals surface area contributed by atoms with Crippen LogP contribution in [0.15, 0.2) is 54.7 Å². The van der Waals surface area contributed by atoms with E-state index in [2.05, 4.69) is 4.98 Å². The highest BCUT2D eigenvalue weighted by molar-refractivity contribution is 6.35. The Labute approximate surface area is 202 Å². The number of carbonyl (C=O) groups is 1.